The second-order valence-corrected chi connectivity index (χ2v) is 5.41. The van der Waals surface area contributed by atoms with Crippen LogP contribution in [0, 0.1) is 0 Å². The van der Waals surface area contributed by atoms with Gasteiger partial charge in [0.1, 0.15) is 0 Å². The van der Waals surface area contributed by atoms with Gasteiger partial charge in [-0.05, 0) is 37.3 Å². The number of anilines is 2. The highest BCUT2D eigenvalue weighted by molar-refractivity contribution is 6.06. The van der Waals surface area contributed by atoms with Crippen molar-refractivity contribution >= 4 is 23.2 Å². The summed E-state index contributed by atoms with van der Waals surface area (Å²) in [7, 11) is 0. The zero-order valence-corrected chi connectivity index (χ0v) is 14.4. The van der Waals surface area contributed by atoms with E-state index >= 15 is 0 Å². The van der Waals surface area contributed by atoms with E-state index in [2.05, 4.69) is 17.2 Å². The molecule has 5 heteroatoms. The van der Waals surface area contributed by atoms with E-state index in [-0.39, 0.29) is 18.4 Å². The van der Waals surface area contributed by atoms with Crippen molar-refractivity contribution < 1.29 is 9.59 Å². The molecule has 0 spiro atoms. The Morgan fingerprint density at radius 2 is 1.88 bits per heavy atom. The summed E-state index contributed by atoms with van der Waals surface area (Å²) in [6, 6.07) is 16.7. The predicted octanol–water partition coefficient (Wildman–Crippen LogP) is 3.07. The number of carbonyl (C=O) groups is 2. The third-order valence-electron chi connectivity index (χ3n) is 3.64. The molecule has 0 aliphatic rings. The quantitative estimate of drug-likeness (QED) is 0.728. The van der Waals surface area contributed by atoms with Crippen molar-refractivity contribution in [3.63, 3.8) is 0 Å². The lowest BCUT2D eigenvalue weighted by Crippen LogP contribution is -2.31. The van der Waals surface area contributed by atoms with E-state index in [0.717, 1.165) is 11.4 Å². The number of nitrogens with one attached hydrogen (secondary N) is 2. The first kappa shape index (κ1) is 18.3. The zero-order valence-electron chi connectivity index (χ0n) is 14.4. The fourth-order valence-corrected chi connectivity index (χ4v) is 2.40. The van der Waals surface area contributed by atoms with E-state index in [0.29, 0.717) is 18.7 Å². The summed E-state index contributed by atoms with van der Waals surface area (Å²) in [5, 5.41) is 5.72. The fraction of sp³-hybridized carbons (Fsp3) is 0.200. The Labute approximate surface area is 148 Å². The highest BCUT2D eigenvalue weighted by Crippen LogP contribution is 2.18. The monoisotopic (exact) mass is 337 g/mol. The molecule has 130 valence electrons. The molecule has 25 heavy (non-hydrogen) atoms. The van der Waals surface area contributed by atoms with Crippen molar-refractivity contribution in [2.45, 2.75) is 6.92 Å². The van der Waals surface area contributed by atoms with Gasteiger partial charge in [0, 0.05) is 30.0 Å². The smallest absolute Gasteiger partial charge is 0.258 e. The van der Waals surface area contributed by atoms with Gasteiger partial charge in [-0.3, -0.25) is 9.59 Å². The first-order valence-electron chi connectivity index (χ1n) is 8.24. The van der Waals surface area contributed by atoms with Crippen LogP contribution in [-0.4, -0.2) is 31.4 Å². The van der Waals surface area contributed by atoms with Gasteiger partial charge in [0.25, 0.3) is 5.91 Å². The molecule has 0 saturated heterocycles. The molecule has 0 aliphatic heterocycles. The standard InChI is InChI=1S/C20H23N3O2/c1-3-13-21-19(24)15-22-17-10-8-9-16(14-17)20(25)23(4-2)18-11-6-5-7-12-18/h3,5-12,14,22H,1,4,13,15H2,2H3,(H,21,24). The molecule has 2 aromatic rings. The number of para-hydroxylation sites is 1. The Kier molecular flexibility index (Phi) is 6.77. The Morgan fingerprint density at radius 3 is 2.56 bits per heavy atom. The van der Waals surface area contributed by atoms with E-state index in [1.54, 1.807) is 29.2 Å². The van der Waals surface area contributed by atoms with Crippen LogP contribution < -0.4 is 15.5 Å². The second kappa shape index (κ2) is 9.27. The summed E-state index contributed by atoms with van der Waals surface area (Å²) >= 11 is 0. The van der Waals surface area contributed by atoms with Gasteiger partial charge in [-0.25, -0.2) is 0 Å². The Bertz CT molecular complexity index is 729. The van der Waals surface area contributed by atoms with Crippen molar-refractivity contribution in [1.29, 1.82) is 0 Å². The molecule has 5 nitrogen and oxygen atoms in total. The fourth-order valence-electron chi connectivity index (χ4n) is 2.40. The molecular weight excluding hydrogens is 314 g/mol. The van der Waals surface area contributed by atoms with Crippen molar-refractivity contribution in [3.8, 4) is 0 Å². The molecule has 2 rings (SSSR count). The topological polar surface area (TPSA) is 61.4 Å². The number of benzene rings is 2. The average molecular weight is 337 g/mol. The molecule has 0 atom stereocenters. The van der Waals surface area contributed by atoms with Crippen LogP contribution in [0.25, 0.3) is 0 Å². The Balaban J connectivity index is 2.08. The van der Waals surface area contributed by atoms with Crippen molar-refractivity contribution in [3.05, 3.63) is 72.8 Å². The number of nitrogens with zero attached hydrogens (tertiary/aromatic N) is 1. The molecule has 0 bridgehead atoms. The lowest BCUT2D eigenvalue weighted by Gasteiger charge is -2.21. The maximum atomic E-state index is 12.8. The minimum Gasteiger partial charge on any atom is -0.376 e. The van der Waals surface area contributed by atoms with Crippen molar-refractivity contribution in [1.82, 2.24) is 5.32 Å². The highest BCUT2D eigenvalue weighted by atomic mass is 16.2. The SMILES string of the molecule is C=CCNC(=O)CNc1cccc(C(=O)N(CC)c2ccccc2)c1. The lowest BCUT2D eigenvalue weighted by atomic mass is 10.1. The van der Waals surface area contributed by atoms with Crippen LogP contribution in [0.3, 0.4) is 0 Å². The van der Waals surface area contributed by atoms with Gasteiger partial charge in [0.05, 0.1) is 6.54 Å². The predicted molar refractivity (Wildman–Crippen MR) is 102 cm³/mol. The Hall–Kier alpha value is -3.08. The van der Waals surface area contributed by atoms with Crippen molar-refractivity contribution in [2.24, 2.45) is 0 Å². The van der Waals surface area contributed by atoms with Gasteiger partial charge in [-0.15, -0.1) is 6.58 Å². The number of rotatable bonds is 8. The zero-order chi connectivity index (χ0) is 18.1. The molecule has 0 unspecified atom stereocenters. The van der Waals surface area contributed by atoms with Crippen LogP contribution >= 0.6 is 0 Å². The van der Waals surface area contributed by atoms with E-state index in [1.165, 1.54) is 0 Å². The van der Waals surface area contributed by atoms with Crippen LogP contribution in [0.2, 0.25) is 0 Å². The van der Waals surface area contributed by atoms with E-state index < -0.39 is 0 Å². The third-order valence-corrected chi connectivity index (χ3v) is 3.64. The molecule has 0 aromatic heterocycles. The highest BCUT2D eigenvalue weighted by Gasteiger charge is 2.16. The van der Waals surface area contributed by atoms with Crippen LogP contribution in [0.15, 0.2) is 67.3 Å². The molecule has 0 radical (unpaired) electrons. The molecule has 2 amide bonds. The largest absolute Gasteiger partial charge is 0.376 e. The first-order valence-corrected chi connectivity index (χ1v) is 8.24. The third kappa shape index (κ3) is 5.21. The van der Waals surface area contributed by atoms with Gasteiger partial charge in [0.15, 0.2) is 0 Å². The summed E-state index contributed by atoms with van der Waals surface area (Å²) < 4.78 is 0. The summed E-state index contributed by atoms with van der Waals surface area (Å²) in [5.41, 5.74) is 2.16. The summed E-state index contributed by atoms with van der Waals surface area (Å²) in [5.74, 6) is -0.204. The number of hydrogen-bond acceptors (Lipinski definition) is 3. The lowest BCUT2D eigenvalue weighted by molar-refractivity contribution is -0.119. The van der Waals surface area contributed by atoms with Crippen molar-refractivity contribution in [2.75, 3.05) is 29.9 Å². The molecule has 0 aliphatic carbocycles. The van der Waals surface area contributed by atoms with Crippen LogP contribution in [0.5, 0.6) is 0 Å². The van der Waals surface area contributed by atoms with Gasteiger partial charge in [-0.2, -0.15) is 0 Å². The van der Waals surface area contributed by atoms with Crippen LogP contribution in [0.4, 0.5) is 11.4 Å². The van der Waals surface area contributed by atoms with E-state index in [9.17, 15) is 9.59 Å². The second-order valence-electron chi connectivity index (χ2n) is 5.41. The molecule has 2 N–H and O–H groups in total. The van der Waals surface area contributed by atoms with Gasteiger partial charge >= 0.3 is 0 Å². The van der Waals surface area contributed by atoms with E-state index in [1.807, 2.05) is 43.3 Å². The molecule has 2 aromatic carbocycles. The number of carbonyl (C=O) groups excluding carboxylic acids is 2. The minimum atomic E-state index is -0.129. The van der Waals surface area contributed by atoms with E-state index in [4.69, 9.17) is 0 Å². The van der Waals surface area contributed by atoms with Crippen LogP contribution in [-0.2, 0) is 4.79 Å². The normalized spacial score (nSPS) is 9.96. The number of hydrogen-bond donors (Lipinski definition) is 2. The van der Waals surface area contributed by atoms with Gasteiger partial charge in [0.2, 0.25) is 5.91 Å². The maximum Gasteiger partial charge on any atom is 0.258 e. The number of amides is 2. The molecule has 0 saturated carbocycles. The average Bonchev–Trinajstić information content (AvgIpc) is 2.66. The van der Waals surface area contributed by atoms with Gasteiger partial charge in [-0.1, -0.05) is 30.3 Å². The van der Waals surface area contributed by atoms with Crippen LogP contribution in [0.1, 0.15) is 17.3 Å². The molecular formula is C20H23N3O2. The summed E-state index contributed by atoms with van der Waals surface area (Å²) in [4.78, 5) is 26.2. The minimum absolute atomic E-state index is 0.0755. The maximum absolute atomic E-state index is 12.8. The van der Waals surface area contributed by atoms with Gasteiger partial charge < -0.3 is 15.5 Å². The molecule has 0 fully saturated rings. The first-order chi connectivity index (χ1) is 12.2. The summed E-state index contributed by atoms with van der Waals surface area (Å²) in [6.07, 6.45) is 1.63. The molecule has 0 heterocycles. The summed E-state index contributed by atoms with van der Waals surface area (Å²) in [6.45, 7) is 6.64. The Morgan fingerprint density at radius 1 is 1.12 bits per heavy atom.